The number of Topliss-reactive ketones (excluding diaryl/α,β-unsaturated/α-hetero) is 2. The molecule has 0 aromatic heterocycles. The number of carbonyl (C=O) groups excluding carboxylic acids is 2. The van der Waals surface area contributed by atoms with Crippen LogP contribution in [0.15, 0.2) is 66.0 Å². The van der Waals surface area contributed by atoms with E-state index in [2.05, 4.69) is 15.8 Å². The van der Waals surface area contributed by atoms with Crippen molar-refractivity contribution in [2.24, 2.45) is 0 Å². The van der Waals surface area contributed by atoms with E-state index in [1.54, 1.807) is 30.3 Å². The van der Waals surface area contributed by atoms with E-state index in [-0.39, 0.29) is 35.5 Å². The fourth-order valence-corrected chi connectivity index (χ4v) is 2.65. The first-order valence-electron chi connectivity index (χ1n) is 8.73. The smallest absolute Gasteiger partial charge is 0.429 e. The summed E-state index contributed by atoms with van der Waals surface area (Å²) in [5.41, 5.74) is 0.824. The Kier molecular flexibility index (Phi) is 9.19. The molecule has 0 saturated heterocycles. The van der Waals surface area contributed by atoms with Gasteiger partial charge in [-0.2, -0.15) is 8.78 Å². The maximum atomic E-state index is 14.2. The Morgan fingerprint density at radius 2 is 1.72 bits per heavy atom. The van der Waals surface area contributed by atoms with Crippen LogP contribution in [-0.2, 0) is 9.53 Å². The molecule has 0 spiro atoms. The van der Waals surface area contributed by atoms with E-state index in [4.69, 9.17) is 0 Å². The van der Waals surface area contributed by atoms with Gasteiger partial charge < -0.3 is 4.74 Å². The van der Waals surface area contributed by atoms with Crippen LogP contribution in [0, 0.1) is 0 Å². The second-order valence-electron chi connectivity index (χ2n) is 6.43. The molecule has 0 heterocycles. The van der Waals surface area contributed by atoms with Gasteiger partial charge in [-0.1, -0.05) is 68.2 Å². The van der Waals surface area contributed by atoms with Gasteiger partial charge in [0.1, 0.15) is 5.76 Å². The van der Waals surface area contributed by atoms with Gasteiger partial charge in [0, 0.05) is 18.4 Å². The number of alkyl halides is 4. The molecular formula is C22H24F3IO3. The minimum Gasteiger partial charge on any atom is -0.429 e. The van der Waals surface area contributed by atoms with Crippen molar-refractivity contribution >= 4 is 36.8 Å². The molecule has 0 aliphatic rings. The summed E-state index contributed by atoms with van der Waals surface area (Å²) in [6, 6.07) is 8.52. The third-order valence-corrected chi connectivity index (χ3v) is 6.22. The van der Waals surface area contributed by atoms with Crippen molar-refractivity contribution in [1.29, 1.82) is 0 Å². The van der Waals surface area contributed by atoms with Gasteiger partial charge in [0.15, 0.2) is 11.6 Å². The molecule has 158 valence electrons. The molecule has 0 saturated carbocycles. The van der Waals surface area contributed by atoms with E-state index >= 15 is 0 Å². The van der Waals surface area contributed by atoms with E-state index in [1.165, 1.54) is 19.9 Å². The molecule has 0 N–H and O–H groups in total. The number of ether oxygens (including phenoxy) is 1. The molecule has 1 atom stereocenters. The number of allylic oxidation sites excluding steroid dienone is 4. The zero-order valence-electron chi connectivity index (χ0n) is 16.6. The summed E-state index contributed by atoms with van der Waals surface area (Å²) in [4.78, 5) is 24.5. The van der Waals surface area contributed by atoms with Gasteiger partial charge >= 0.3 is 6.11 Å². The first kappa shape index (κ1) is 25.0. The lowest BCUT2D eigenvalue weighted by atomic mass is 10.0. The Labute approximate surface area is 179 Å². The average Bonchev–Trinajstić information content (AvgIpc) is 2.70. The second-order valence-corrected chi connectivity index (χ2v) is 9.22. The minimum atomic E-state index is -4.11. The number of hydrogen-bond donors (Lipinski definition) is 0. The molecule has 0 fully saturated rings. The van der Waals surface area contributed by atoms with Gasteiger partial charge in [-0.15, -0.1) is 0 Å². The summed E-state index contributed by atoms with van der Waals surface area (Å²) in [5.74, 6) is -0.949. The molecule has 7 heteroatoms. The molecule has 1 aromatic carbocycles. The monoisotopic (exact) mass is 520 g/mol. The highest BCUT2D eigenvalue weighted by atomic mass is 127. The molecule has 1 unspecified atom stereocenters. The number of rotatable bonds is 11. The van der Waals surface area contributed by atoms with Gasteiger partial charge in [-0.25, -0.2) is 4.39 Å². The standard InChI is InChI=1S/C22H24F3IO3/c1-6-15(2)20(29-22(24,25)21(4,23)26-5)14-16(3)18(27)12-13-19(28)17-10-8-7-9-11-17/h6-11,14H,1,5,12-13H2,2-4H3/b16-14+,20-15+. The van der Waals surface area contributed by atoms with Gasteiger partial charge in [0.05, 0.1) is 0 Å². The van der Waals surface area contributed by atoms with Crippen LogP contribution in [0.4, 0.5) is 13.2 Å². The van der Waals surface area contributed by atoms with E-state index in [0.717, 1.165) is 13.0 Å². The van der Waals surface area contributed by atoms with Crippen molar-refractivity contribution in [1.82, 2.24) is 0 Å². The van der Waals surface area contributed by atoms with E-state index < -0.39 is 36.3 Å². The van der Waals surface area contributed by atoms with Crippen molar-refractivity contribution in [3.63, 3.8) is 0 Å². The third kappa shape index (κ3) is 7.06. The quantitative estimate of drug-likeness (QED) is 0.0857. The maximum absolute atomic E-state index is 14.2. The van der Waals surface area contributed by atoms with Crippen LogP contribution in [-0.4, -0.2) is 25.9 Å². The Bertz CT molecular complexity index is 840. The van der Waals surface area contributed by atoms with Crippen LogP contribution in [0.1, 0.15) is 44.0 Å². The summed E-state index contributed by atoms with van der Waals surface area (Å²) >= 11 is -1.72. The zero-order valence-corrected chi connectivity index (χ0v) is 18.8. The van der Waals surface area contributed by atoms with E-state index in [1.807, 2.05) is 0 Å². The average molecular weight is 520 g/mol. The summed E-state index contributed by atoms with van der Waals surface area (Å²) in [7, 11) is 0. The highest BCUT2D eigenvalue weighted by molar-refractivity contribution is 14.2. The lowest BCUT2D eigenvalue weighted by molar-refractivity contribution is -0.252. The highest BCUT2D eigenvalue weighted by Crippen LogP contribution is 2.43. The SMILES string of the molecule is C=C/C(C)=C(\C=C(/C)C(=O)CCC(=O)c1ccccc1)OC(F)(F)C(C)(F)I=C. The van der Waals surface area contributed by atoms with Gasteiger partial charge in [-0.3, -0.25) is 9.59 Å². The largest absolute Gasteiger partial charge is 0.441 e. The predicted octanol–water partition coefficient (Wildman–Crippen LogP) is 6.32. The summed E-state index contributed by atoms with van der Waals surface area (Å²) in [6.07, 6.45) is -1.81. The maximum Gasteiger partial charge on any atom is 0.441 e. The molecule has 0 aliphatic carbocycles. The van der Waals surface area contributed by atoms with Crippen LogP contribution < -0.4 is 0 Å². The third-order valence-electron chi connectivity index (χ3n) is 4.16. The number of carbonyl (C=O) groups is 2. The molecule has 1 aromatic rings. The fourth-order valence-electron chi connectivity index (χ4n) is 2.10. The Morgan fingerprint density at radius 3 is 2.24 bits per heavy atom. The highest BCUT2D eigenvalue weighted by Gasteiger charge is 2.53. The topological polar surface area (TPSA) is 43.4 Å². The first-order valence-corrected chi connectivity index (χ1v) is 11.3. The lowest BCUT2D eigenvalue weighted by Crippen LogP contribution is -2.39. The van der Waals surface area contributed by atoms with Crippen LogP contribution in [0.25, 0.3) is 0 Å². The van der Waals surface area contributed by atoms with Crippen molar-refractivity contribution < 1.29 is 27.5 Å². The predicted molar refractivity (Wildman–Crippen MR) is 118 cm³/mol. The second kappa shape index (κ2) is 10.7. The van der Waals surface area contributed by atoms with Crippen LogP contribution >= 0.6 is 20.7 Å². The molecule has 0 bridgehead atoms. The van der Waals surface area contributed by atoms with Crippen LogP contribution in [0.5, 0.6) is 0 Å². The van der Waals surface area contributed by atoms with Crippen molar-refractivity contribution in [3.05, 3.63) is 71.5 Å². The Balaban J connectivity index is 2.96. The molecule has 3 nitrogen and oxygen atoms in total. The summed E-state index contributed by atoms with van der Waals surface area (Å²) in [6.45, 7) is 7.12. The lowest BCUT2D eigenvalue weighted by Gasteiger charge is -2.27. The molecular weight excluding hydrogens is 496 g/mol. The molecule has 0 radical (unpaired) electrons. The zero-order chi connectivity index (χ0) is 22.2. The molecule has 0 amide bonds. The fraction of sp³-hybridized carbons (Fsp3) is 0.318. The molecule has 29 heavy (non-hydrogen) atoms. The summed E-state index contributed by atoms with van der Waals surface area (Å²) < 4.78 is 47.6. The summed E-state index contributed by atoms with van der Waals surface area (Å²) in [5, 5.41) is 0. The minimum absolute atomic E-state index is 0.0149. The van der Waals surface area contributed by atoms with E-state index in [9.17, 15) is 22.8 Å². The van der Waals surface area contributed by atoms with Gasteiger partial charge in [0.2, 0.25) is 0 Å². The number of ketones is 2. The number of hydrogen-bond acceptors (Lipinski definition) is 3. The number of halogens is 4. The van der Waals surface area contributed by atoms with Crippen molar-refractivity contribution in [2.45, 2.75) is 43.4 Å². The normalized spacial score (nSPS) is 15.2. The van der Waals surface area contributed by atoms with E-state index in [0.29, 0.717) is 5.56 Å². The van der Waals surface area contributed by atoms with Gasteiger partial charge in [-0.05, 0) is 38.0 Å². The molecule has 0 aliphatic heterocycles. The Morgan fingerprint density at radius 1 is 1.14 bits per heavy atom. The van der Waals surface area contributed by atoms with Crippen molar-refractivity contribution in [3.8, 4) is 0 Å². The number of benzene rings is 1. The van der Waals surface area contributed by atoms with Crippen LogP contribution in [0.3, 0.4) is 0 Å². The molecule has 1 rings (SSSR count). The van der Waals surface area contributed by atoms with Crippen molar-refractivity contribution in [2.75, 3.05) is 0 Å². The van der Waals surface area contributed by atoms with Crippen LogP contribution in [0.2, 0.25) is 0 Å². The van der Waals surface area contributed by atoms with Gasteiger partial charge in [0.25, 0.3) is 3.68 Å². The first-order chi connectivity index (χ1) is 13.4. The Hall–Kier alpha value is -2.03.